The van der Waals surface area contributed by atoms with Gasteiger partial charge < -0.3 is 10.3 Å². The van der Waals surface area contributed by atoms with Crippen molar-refractivity contribution in [2.75, 3.05) is 18.1 Å². The van der Waals surface area contributed by atoms with Crippen molar-refractivity contribution < 1.29 is 0 Å². The zero-order chi connectivity index (χ0) is 9.80. The van der Waals surface area contributed by atoms with Crippen molar-refractivity contribution in [2.24, 2.45) is 5.84 Å². The number of hydrazine groups is 1. The molecule has 1 aliphatic heterocycles. The summed E-state index contributed by atoms with van der Waals surface area (Å²) in [6.07, 6.45) is 2.26. The molecule has 1 aromatic rings. The molecule has 1 heterocycles. The van der Waals surface area contributed by atoms with Crippen LogP contribution < -0.4 is 16.2 Å². The quantitative estimate of drug-likeness (QED) is 0.543. The van der Waals surface area contributed by atoms with Crippen LogP contribution in [0, 0.1) is 0 Å². The lowest BCUT2D eigenvalue weighted by Gasteiger charge is -2.32. The van der Waals surface area contributed by atoms with E-state index in [1.54, 1.807) is 0 Å². The van der Waals surface area contributed by atoms with E-state index >= 15 is 0 Å². The van der Waals surface area contributed by atoms with Crippen LogP contribution in [-0.4, -0.2) is 19.1 Å². The molecule has 0 bridgehead atoms. The van der Waals surface area contributed by atoms with Gasteiger partial charge in [0.05, 0.1) is 5.69 Å². The average molecular weight is 191 g/mol. The standard InChI is InChI=1S/C11H17N3/c12-14(10-4-2-1-3-5-10)11-6-8-13-9-7-11/h1-5,11,13H,6-9,12H2. The van der Waals surface area contributed by atoms with Crippen molar-refractivity contribution in [3.63, 3.8) is 0 Å². The number of para-hydroxylation sites is 1. The lowest BCUT2D eigenvalue weighted by molar-refractivity contribution is 0.433. The summed E-state index contributed by atoms with van der Waals surface area (Å²) in [5.74, 6) is 6.08. The highest BCUT2D eigenvalue weighted by molar-refractivity contribution is 5.45. The summed E-state index contributed by atoms with van der Waals surface area (Å²) in [5.41, 5.74) is 1.11. The Morgan fingerprint density at radius 3 is 2.43 bits per heavy atom. The molecule has 0 radical (unpaired) electrons. The van der Waals surface area contributed by atoms with Crippen LogP contribution in [0.3, 0.4) is 0 Å². The van der Waals surface area contributed by atoms with Gasteiger partial charge in [0.15, 0.2) is 0 Å². The highest BCUT2D eigenvalue weighted by Gasteiger charge is 2.18. The Hall–Kier alpha value is -1.06. The zero-order valence-electron chi connectivity index (χ0n) is 8.32. The fourth-order valence-electron chi connectivity index (χ4n) is 1.90. The van der Waals surface area contributed by atoms with Gasteiger partial charge in [0.25, 0.3) is 0 Å². The van der Waals surface area contributed by atoms with E-state index in [2.05, 4.69) is 17.4 Å². The van der Waals surface area contributed by atoms with Crippen LogP contribution in [0.5, 0.6) is 0 Å². The number of benzene rings is 1. The third-order valence-corrected chi connectivity index (χ3v) is 2.76. The van der Waals surface area contributed by atoms with Crippen molar-refractivity contribution in [3.8, 4) is 0 Å². The summed E-state index contributed by atoms with van der Waals surface area (Å²) in [6, 6.07) is 10.7. The molecule has 0 aliphatic carbocycles. The summed E-state index contributed by atoms with van der Waals surface area (Å²) in [6.45, 7) is 2.15. The molecule has 0 amide bonds. The topological polar surface area (TPSA) is 41.3 Å². The maximum absolute atomic E-state index is 6.08. The smallest absolute Gasteiger partial charge is 0.0520 e. The van der Waals surface area contributed by atoms with Crippen LogP contribution in [0.15, 0.2) is 30.3 Å². The van der Waals surface area contributed by atoms with Crippen molar-refractivity contribution in [2.45, 2.75) is 18.9 Å². The summed E-state index contributed by atoms with van der Waals surface area (Å²) >= 11 is 0. The number of piperidine rings is 1. The first-order valence-electron chi connectivity index (χ1n) is 5.17. The molecule has 0 unspecified atom stereocenters. The van der Waals surface area contributed by atoms with Gasteiger partial charge in [-0.1, -0.05) is 18.2 Å². The van der Waals surface area contributed by atoms with E-state index in [0.717, 1.165) is 31.6 Å². The van der Waals surface area contributed by atoms with Gasteiger partial charge in [-0.2, -0.15) is 0 Å². The molecule has 3 N–H and O–H groups in total. The van der Waals surface area contributed by atoms with Gasteiger partial charge in [0.2, 0.25) is 0 Å². The van der Waals surface area contributed by atoms with Gasteiger partial charge in [-0.25, -0.2) is 5.84 Å². The molecule has 0 spiro atoms. The Morgan fingerprint density at radius 2 is 1.79 bits per heavy atom. The number of hydrogen-bond acceptors (Lipinski definition) is 3. The van der Waals surface area contributed by atoms with E-state index in [1.165, 1.54) is 0 Å². The lowest BCUT2D eigenvalue weighted by Crippen LogP contribution is -2.47. The van der Waals surface area contributed by atoms with Gasteiger partial charge >= 0.3 is 0 Å². The summed E-state index contributed by atoms with van der Waals surface area (Å²) in [4.78, 5) is 0. The molecule has 1 aliphatic rings. The van der Waals surface area contributed by atoms with Crippen molar-refractivity contribution in [1.29, 1.82) is 0 Å². The second-order valence-electron chi connectivity index (χ2n) is 3.72. The first-order chi connectivity index (χ1) is 6.88. The minimum atomic E-state index is 0.485. The van der Waals surface area contributed by atoms with E-state index in [4.69, 9.17) is 5.84 Å². The SMILES string of the molecule is NN(c1ccccc1)C1CCNCC1. The average Bonchev–Trinajstić information content (AvgIpc) is 2.30. The predicted octanol–water partition coefficient (Wildman–Crippen LogP) is 1.12. The van der Waals surface area contributed by atoms with E-state index in [0.29, 0.717) is 6.04 Å². The molecule has 0 atom stereocenters. The van der Waals surface area contributed by atoms with Gasteiger partial charge in [0.1, 0.15) is 0 Å². The minimum absolute atomic E-state index is 0.485. The Morgan fingerprint density at radius 1 is 1.14 bits per heavy atom. The maximum Gasteiger partial charge on any atom is 0.0520 e. The molecule has 1 saturated heterocycles. The number of nitrogens with one attached hydrogen (secondary N) is 1. The van der Waals surface area contributed by atoms with Gasteiger partial charge in [0, 0.05) is 6.04 Å². The number of nitrogens with two attached hydrogens (primary N) is 1. The second kappa shape index (κ2) is 4.44. The fourth-order valence-corrected chi connectivity index (χ4v) is 1.90. The normalized spacial score (nSPS) is 18.1. The van der Waals surface area contributed by atoms with E-state index < -0.39 is 0 Å². The Balaban J connectivity index is 2.03. The van der Waals surface area contributed by atoms with Crippen molar-refractivity contribution in [1.82, 2.24) is 5.32 Å². The largest absolute Gasteiger partial charge is 0.317 e. The Labute approximate surface area is 84.9 Å². The summed E-state index contributed by atoms with van der Waals surface area (Å²) in [5, 5.41) is 5.24. The van der Waals surface area contributed by atoms with Crippen LogP contribution in [0.25, 0.3) is 0 Å². The second-order valence-corrected chi connectivity index (χ2v) is 3.72. The molecule has 0 saturated carbocycles. The number of hydrogen-bond donors (Lipinski definition) is 2. The van der Waals surface area contributed by atoms with E-state index in [-0.39, 0.29) is 0 Å². The van der Waals surface area contributed by atoms with Gasteiger partial charge in [-0.15, -0.1) is 0 Å². The third-order valence-electron chi connectivity index (χ3n) is 2.76. The highest BCUT2D eigenvalue weighted by atomic mass is 15.4. The molecular weight excluding hydrogens is 174 g/mol. The van der Waals surface area contributed by atoms with Crippen LogP contribution in [-0.2, 0) is 0 Å². The van der Waals surface area contributed by atoms with Crippen LogP contribution >= 0.6 is 0 Å². The predicted molar refractivity (Wildman–Crippen MR) is 59.0 cm³/mol. The minimum Gasteiger partial charge on any atom is -0.317 e. The van der Waals surface area contributed by atoms with Gasteiger partial charge in [-0.05, 0) is 38.1 Å². The molecule has 3 nitrogen and oxygen atoms in total. The van der Waals surface area contributed by atoms with Crippen molar-refractivity contribution in [3.05, 3.63) is 30.3 Å². The fraction of sp³-hybridized carbons (Fsp3) is 0.455. The first-order valence-corrected chi connectivity index (χ1v) is 5.17. The molecule has 1 fully saturated rings. The van der Waals surface area contributed by atoms with Gasteiger partial charge in [-0.3, -0.25) is 0 Å². The molecule has 3 heteroatoms. The molecule has 14 heavy (non-hydrogen) atoms. The van der Waals surface area contributed by atoms with Crippen LogP contribution in [0.1, 0.15) is 12.8 Å². The molecular formula is C11H17N3. The molecule has 0 aromatic heterocycles. The summed E-state index contributed by atoms with van der Waals surface area (Å²) in [7, 11) is 0. The first kappa shape index (κ1) is 9.49. The van der Waals surface area contributed by atoms with Crippen molar-refractivity contribution >= 4 is 5.69 Å². The lowest BCUT2D eigenvalue weighted by atomic mass is 10.1. The van der Waals surface area contributed by atoms with Crippen LogP contribution in [0.4, 0.5) is 5.69 Å². The van der Waals surface area contributed by atoms with E-state index in [9.17, 15) is 0 Å². The number of anilines is 1. The monoisotopic (exact) mass is 191 g/mol. The zero-order valence-corrected chi connectivity index (χ0v) is 8.32. The Kier molecular flexibility index (Phi) is 3.01. The maximum atomic E-state index is 6.08. The summed E-state index contributed by atoms with van der Waals surface area (Å²) < 4.78 is 0. The molecule has 2 rings (SSSR count). The Bertz CT molecular complexity index is 267. The molecule has 76 valence electrons. The highest BCUT2D eigenvalue weighted by Crippen LogP contribution is 2.17. The number of rotatable bonds is 2. The number of nitrogens with zero attached hydrogens (tertiary/aromatic N) is 1. The third kappa shape index (κ3) is 2.05. The molecule has 1 aromatic carbocycles. The van der Waals surface area contributed by atoms with E-state index in [1.807, 2.05) is 23.2 Å². The van der Waals surface area contributed by atoms with Crippen LogP contribution in [0.2, 0.25) is 0 Å².